The largest absolute Gasteiger partial charge is 0.455 e. The predicted octanol–water partition coefficient (Wildman–Crippen LogP) is 4.86. The van der Waals surface area contributed by atoms with Gasteiger partial charge in [0, 0.05) is 22.7 Å². The van der Waals surface area contributed by atoms with Crippen LogP contribution in [0.1, 0.15) is 17.7 Å². The molecule has 0 saturated carbocycles. The predicted molar refractivity (Wildman–Crippen MR) is 128 cm³/mol. The Labute approximate surface area is 193 Å². The van der Waals surface area contributed by atoms with Crippen LogP contribution in [0.4, 0.5) is 5.69 Å². The van der Waals surface area contributed by atoms with Gasteiger partial charge in [-0.2, -0.15) is 5.10 Å². The molecule has 0 radical (unpaired) electrons. The van der Waals surface area contributed by atoms with Crippen molar-refractivity contribution in [2.45, 2.75) is 18.6 Å². The number of rotatable bonds is 6. The van der Waals surface area contributed by atoms with Gasteiger partial charge in [0.2, 0.25) is 11.8 Å². The van der Waals surface area contributed by atoms with E-state index in [4.69, 9.17) is 16.0 Å². The standard InChI is InChI=1S/C23H19ClN4O3S/c1-14-2-8-17(9-3-14)26-21(29)12-20-22(30)27-23(32-20)28-25-13-18-10-11-19(31-18)15-4-6-16(24)7-5-15/h2-11,13,20H,12H2,1H3,(H,26,29)(H,27,28,30). The number of carbonyl (C=O) groups excluding carboxylic acids is 2. The molecule has 0 spiro atoms. The average Bonchev–Trinajstić information content (AvgIpc) is 3.37. The van der Waals surface area contributed by atoms with Crippen LogP contribution < -0.4 is 10.6 Å². The van der Waals surface area contributed by atoms with Gasteiger partial charge in [0.15, 0.2) is 5.17 Å². The molecule has 1 saturated heterocycles. The Bertz CT molecular complexity index is 1190. The summed E-state index contributed by atoms with van der Waals surface area (Å²) in [5, 5.41) is 13.9. The van der Waals surface area contributed by atoms with Gasteiger partial charge in [-0.3, -0.25) is 9.59 Å². The first kappa shape index (κ1) is 21.9. The Balaban J connectivity index is 1.32. The van der Waals surface area contributed by atoms with Crippen molar-refractivity contribution in [1.29, 1.82) is 0 Å². The molecule has 2 N–H and O–H groups in total. The Morgan fingerprint density at radius 3 is 2.66 bits per heavy atom. The lowest BCUT2D eigenvalue weighted by Crippen LogP contribution is -2.28. The fourth-order valence-electron chi connectivity index (χ4n) is 2.93. The van der Waals surface area contributed by atoms with Crippen LogP contribution in [0, 0.1) is 6.92 Å². The molecule has 9 heteroatoms. The van der Waals surface area contributed by atoms with Crippen LogP contribution in [0.2, 0.25) is 5.02 Å². The lowest BCUT2D eigenvalue weighted by Gasteiger charge is -2.07. The maximum atomic E-state index is 12.2. The molecular weight excluding hydrogens is 448 g/mol. The number of nitrogens with zero attached hydrogens (tertiary/aromatic N) is 2. The van der Waals surface area contributed by atoms with E-state index in [2.05, 4.69) is 20.8 Å². The number of hydrogen-bond donors (Lipinski definition) is 2. The Hall–Kier alpha value is -3.36. The number of amides is 2. The van der Waals surface area contributed by atoms with Crippen molar-refractivity contribution in [2.24, 2.45) is 10.2 Å². The second kappa shape index (κ2) is 9.84. The number of anilines is 1. The van der Waals surface area contributed by atoms with Gasteiger partial charge in [0.1, 0.15) is 16.8 Å². The van der Waals surface area contributed by atoms with Crippen molar-refractivity contribution in [3.8, 4) is 11.3 Å². The van der Waals surface area contributed by atoms with E-state index in [1.165, 1.54) is 18.0 Å². The Kier molecular flexibility index (Phi) is 6.72. The minimum absolute atomic E-state index is 0.0374. The van der Waals surface area contributed by atoms with E-state index >= 15 is 0 Å². The highest BCUT2D eigenvalue weighted by Crippen LogP contribution is 2.24. The normalized spacial score (nSPS) is 17.1. The zero-order chi connectivity index (χ0) is 22.5. The van der Waals surface area contributed by atoms with Crippen molar-refractivity contribution in [3.05, 3.63) is 77.0 Å². The molecule has 2 heterocycles. The third-order valence-electron chi connectivity index (χ3n) is 4.57. The summed E-state index contributed by atoms with van der Waals surface area (Å²) in [4.78, 5) is 24.4. The third kappa shape index (κ3) is 5.66. The first-order valence-corrected chi connectivity index (χ1v) is 11.0. The van der Waals surface area contributed by atoms with Crippen LogP contribution in [-0.4, -0.2) is 28.4 Å². The second-order valence-electron chi connectivity index (χ2n) is 7.07. The highest BCUT2D eigenvalue weighted by Gasteiger charge is 2.32. The van der Waals surface area contributed by atoms with E-state index in [1.807, 2.05) is 49.4 Å². The van der Waals surface area contributed by atoms with Crippen LogP contribution in [0.25, 0.3) is 11.3 Å². The number of carbonyl (C=O) groups is 2. The number of amidine groups is 1. The van der Waals surface area contributed by atoms with Crippen LogP contribution >= 0.6 is 23.4 Å². The fraction of sp³-hybridized carbons (Fsp3) is 0.130. The first-order valence-electron chi connectivity index (χ1n) is 9.77. The summed E-state index contributed by atoms with van der Waals surface area (Å²) in [7, 11) is 0. The van der Waals surface area contributed by atoms with Gasteiger partial charge in [-0.1, -0.05) is 41.1 Å². The van der Waals surface area contributed by atoms with E-state index in [-0.39, 0.29) is 18.2 Å². The maximum absolute atomic E-state index is 12.2. The van der Waals surface area contributed by atoms with E-state index in [0.717, 1.165) is 11.1 Å². The lowest BCUT2D eigenvalue weighted by molar-refractivity contribution is -0.122. The quantitative estimate of drug-likeness (QED) is 0.400. The molecule has 4 rings (SSSR count). The number of thioether (sulfide) groups is 1. The zero-order valence-electron chi connectivity index (χ0n) is 17.0. The molecule has 1 atom stereocenters. The number of benzene rings is 2. The number of furan rings is 1. The number of halogens is 1. The minimum atomic E-state index is -0.561. The van der Waals surface area contributed by atoms with Gasteiger partial charge in [0.05, 0.1) is 6.21 Å². The lowest BCUT2D eigenvalue weighted by atomic mass is 10.2. The number of hydrogen-bond acceptors (Lipinski definition) is 6. The molecule has 1 unspecified atom stereocenters. The summed E-state index contributed by atoms with van der Waals surface area (Å²) in [6, 6.07) is 18.4. The molecule has 7 nitrogen and oxygen atoms in total. The molecule has 0 aliphatic carbocycles. The topological polar surface area (TPSA) is 96.1 Å². The molecule has 2 aromatic carbocycles. The van der Waals surface area contributed by atoms with Gasteiger partial charge in [0.25, 0.3) is 0 Å². The molecule has 162 valence electrons. The SMILES string of the molecule is Cc1ccc(NC(=O)CC2SC(=NN=Cc3ccc(-c4ccc(Cl)cc4)o3)NC2=O)cc1. The maximum Gasteiger partial charge on any atom is 0.240 e. The van der Waals surface area contributed by atoms with Crippen molar-refractivity contribution < 1.29 is 14.0 Å². The van der Waals surface area contributed by atoms with Crippen LogP contribution in [0.3, 0.4) is 0 Å². The van der Waals surface area contributed by atoms with Crippen molar-refractivity contribution >= 4 is 52.2 Å². The van der Waals surface area contributed by atoms with Gasteiger partial charge < -0.3 is 15.1 Å². The van der Waals surface area contributed by atoms with E-state index in [1.54, 1.807) is 18.2 Å². The highest BCUT2D eigenvalue weighted by molar-refractivity contribution is 8.15. The monoisotopic (exact) mass is 466 g/mol. The smallest absolute Gasteiger partial charge is 0.240 e. The average molecular weight is 467 g/mol. The summed E-state index contributed by atoms with van der Waals surface area (Å²) in [6.45, 7) is 1.97. The molecule has 2 amide bonds. The molecule has 3 aromatic rings. The van der Waals surface area contributed by atoms with Crippen LogP contribution in [-0.2, 0) is 9.59 Å². The summed E-state index contributed by atoms with van der Waals surface area (Å²) < 4.78 is 5.72. The molecule has 1 aromatic heterocycles. The van der Waals surface area contributed by atoms with Crippen molar-refractivity contribution in [2.75, 3.05) is 5.32 Å². The Morgan fingerprint density at radius 1 is 1.16 bits per heavy atom. The van der Waals surface area contributed by atoms with E-state index in [9.17, 15) is 9.59 Å². The minimum Gasteiger partial charge on any atom is -0.455 e. The zero-order valence-corrected chi connectivity index (χ0v) is 18.6. The van der Waals surface area contributed by atoms with Gasteiger partial charge in [-0.25, -0.2) is 0 Å². The molecule has 1 fully saturated rings. The molecule has 32 heavy (non-hydrogen) atoms. The summed E-state index contributed by atoms with van der Waals surface area (Å²) in [5.41, 5.74) is 2.69. The van der Waals surface area contributed by atoms with E-state index in [0.29, 0.717) is 27.4 Å². The van der Waals surface area contributed by atoms with Crippen LogP contribution in [0.5, 0.6) is 0 Å². The second-order valence-corrected chi connectivity index (χ2v) is 8.70. The molecule has 0 bridgehead atoms. The number of nitrogens with one attached hydrogen (secondary N) is 2. The summed E-state index contributed by atoms with van der Waals surface area (Å²) in [6.07, 6.45) is 1.49. The highest BCUT2D eigenvalue weighted by atomic mass is 35.5. The van der Waals surface area contributed by atoms with Crippen molar-refractivity contribution in [1.82, 2.24) is 5.32 Å². The molecular formula is C23H19ClN4O3S. The molecule has 1 aliphatic rings. The van der Waals surface area contributed by atoms with Crippen LogP contribution in [0.15, 0.2) is 75.3 Å². The van der Waals surface area contributed by atoms with Gasteiger partial charge in [-0.05, 0) is 55.5 Å². The van der Waals surface area contributed by atoms with E-state index < -0.39 is 5.25 Å². The Morgan fingerprint density at radius 2 is 1.91 bits per heavy atom. The van der Waals surface area contributed by atoms with Crippen molar-refractivity contribution in [3.63, 3.8) is 0 Å². The first-order chi connectivity index (χ1) is 15.5. The fourth-order valence-corrected chi connectivity index (χ4v) is 3.98. The van der Waals surface area contributed by atoms with Gasteiger partial charge in [-0.15, -0.1) is 5.10 Å². The van der Waals surface area contributed by atoms with Gasteiger partial charge >= 0.3 is 0 Å². The summed E-state index contributed by atoms with van der Waals surface area (Å²) in [5.74, 6) is 0.684. The summed E-state index contributed by atoms with van der Waals surface area (Å²) >= 11 is 7.07. The molecule has 1 aliphatic heterocycles. The third-order valence-corrected chi connectivity index (χ3v) is 5.90. The number of aryl methyl sites for hydroxylation is 1.